The van der Waals surface area contributed by atoms with Crippen molar-refractivity contribution in [2.45, 2.75) is 12.3 Å². The van der Waals surface area contributed by atoms with E-state index in [0.717, 1.165) is 11.3 Å². The van der Waals surface area contributed by atoms with Crippen molar-refractivity contribution in [3.8, 4) is 5.75 Å². The highest BCUT2D eigenvalue weighted by atomic mass is 16.5. The summed E-state index contributed by atoms with van der Waals surface area (Å²) in [5.74, 6) is -0.424. The number of methoxy groups -OCH3 is 1. The molecule has 92 valence electrons. The normalized spacial score (nSPS) is 28.0. The Morgan fingerprint density at radius 2 is 2.24 bits per heavy atom. The zero-order valence-corrected chi connectivity index (χ0v) is 10.1. The monoisotopic (exact) mass is 235 g/mol. The number of carboxylic acids is 1. The zero-order valence-electron chi connectivity index (χ0n) is 10.1. The molecule has 0 aliphatic carbocycles. The molecule has 1 fully saturated rings. The van der Waals surface area contributed by atoms with Gasteiger partial charge in [0.15, 0.2) is 0 Å². The molecule has 0 radical (unpaired) electrons. The lowest BCUT2D eigenvalue weighted by Crippen LogP contribution is -2.36. The van der Waals surface area contributed by atoms with Crippen LogP contribution in [0.15, 0.2) is 24.3 Å². The number of carboxylic acid groups (broad SMARTS) is 1. The van der Waals surface area contributed by atoms with E-state index in [4.69, 9.17) is 4.74 Å². The van der Waals surface area contributed by atoms with Crippen molar-refractivity contribution in [2.75, 3.05) is 20.2 Å². The van der Waals surface area contributed by atoms with E-state index in [1.165, 1.54) is 0 Å². The van der Waals surface area contributed by atoms with Crippen molar-refractivity contribution in [3.63, 3.8) is 0 Å². The van der Waals surface area contributed by atoms with E-state index in [-0.39, 0.29) is 0 Å². The molecule has 1 saturated heterocycles. The third-order valence-corrected chi connectivity index (χ3v) is 3.63. The third kappa shape index (κ3) is 1.89. The largest absolute Gasteiger partial charge is 0.496 e. The Balaban J connectivity index is 2.46. The van der Waals surface area contributed by atoms with E-state index in [0.29, 0.717) is 13.1 Å². The summed E-state index contributed by atoms with van der Waals surface area (Å²) in [6.45, 7) is 3.14. The second-order valence-electron chi connectivity index (χ2n) is 4.64. The van der Waals surface area contributed by atoms with Gasteiger partial charge in [0.1, 0.15) is 5.75 Å². The molecule has 0 spiro atoms. The van der Waals surface area contributed by atoms with Crippen LogP contribution in [0.4, 0.5) is 0 Å². The van der Waals surface area contributed by atoms with Gasteiger partial charge in [-0.3, -0.25) is 4.79 Å². The van der Waals surface area contributed by atoms with E-state index in [1.54, 1.807) is 7.11 Å². The number of hydrogen-bond acceptors (Lipinski definition) is 3. The smallest absolute Gasteiger partial charge is 0.308 e. The van der Waals surface area contributed by atoms with Crippen LogP contribution in [0.25, 0.3) is 0 Å². The van der Waals surface area contributed by atoms with Gasteiger partial charge < -0.3 is 15.2 Å². The maximum atomic E-state index is 11.3. The zero-order chi connectivity index (χ0) is 12.5. The maximum absolute atomic E-state index is 11.3. The standard InChI is InChI=1S/C13H17NO3/c1-13(8-14-7-10(13)12(15)16)9-5-3-4-6-11(9)17-2/h3-6,10,14H,7-8H2,1-2H3,(H,15,16). The van der Waals surface area contributed by atoms with Gasteiger partial charge in [-0.25, -0.2) is 0 Å². The summed E-state index contributed by atoms with van der Waals surface area (Å²) in [7, 11) is 1.61. The first-order valence-electron chi connectivity index (χ1n) is 5.66. The average molecular weight is 235 g/mol. The number of hydrogen-bond donors (Lipinski definition) is 2. The van der Waals surface area contributed by atoms with Gasteiger partial charge in [0, 0.05) is 24.1 Å². The van der Waals surface area contributed by atoms with Crippen molar-refractivity contribution in [3.05, 3.63) is 29.8 Å². The Hall–Kier alpha value is -1.55. The van der Waals surface area contributed by atoms with E-state index < -0.39 is 17.3 Å². The lowest BCUT2D eigenvalue weighted by Gasteiger charge is -2.29. The summed E-state index contributed by atoms with van der Waals surface area (Å²) >= 11 is 0. The first kappa shape index (κ1) is 11.9. The molecule has 1 aliphatic rings. The maximum Gasteiger partial charge on any atom is 0.308 e. The van der Waals surface area contributed by atoms with Gasteiger partial charge in [-0.05, 0) is 6.07 Å². The van der Waals surface area contributed by atoms with Crippen LogP contribution in [0.5, 0.6) is 5.75 Å². The molecule has 0 amide bonds. The van der Waals surface area contributed by atoms with E-state index in [9.17, 15) is 9.90 Å². The highest BCUT2D eigenvalue weighted by Crippen LogP contribution is 2.39. The quantitative estimate of drug-likeness (QED) is 0.828. The van der Waals surface area contributed by atoms with Crippen LogP contribution in [-0.4, -0.2) is 31.3 Å². The van der Waals surface area contributed by atoms with Gasteiger partial charge in [0.25, 0.3) is 0 Å². The van der Waals surface area contributed by atoms with Crippen LogP contribution >= 0.6 is 0 Å². The van der Waals surface area contributed by atoms with Crippen LogP contribution in [-0.2, 0) is 10.2 Å². The van der Waals surface area contributed by atoms with Crippen LogP contribution in [0, 0.1) is 5.92 Å². The lowest BCUT2D eigenvalue weighted by atomic mass is 9.74. The molecule has 0 bridgehead atoms. The first-order chi connectivity index (χ1) is 8.09. The number of para-hydroxylation sites is 1. The molecule has 1 aromatic carbocycles. The molecule has 4 heteroatoms. The fraction of sp³-hybridized carbons (Fsp3) is 0.462. The Morgan fingerprint density at radius 1 is 1.53 bits per heavy atom. The molecule has 1 aliphatic heterocycles. The molecular formula is C13H17NO3. The minimum Gasteiger partial charge on any atom is -0.496 e. The summed E-state index contributed by atoms with van der Waals surface area (Å²) < 4.78 is 5.33. The Bertz CT molecular complexity index is 432. The summed E-state index contributed by atoms with van der Waals surface area (Å²) in [4.78, 5) is 11.3. The summed E-state index contributed by atoms with van der Waals surface area (Å²) in [5.41, 5.74) is 0.540. The van der Waals surface area contributed by atoms with Gasteiger partial charge in [-0.15, -0.1) is 0 Å². The molecule has 4 nitrogen and oxygen atoms in total. The molecule has 1 heterocycles. The average Bonchev–Trinajstić information content (AvgIpc) is 2.72. The fourth-order valence-corrected chi connectivity index (χ4v) is 2.58. The van der Waals surface area contributed by atoms with Crippen LogP contribution in [0.2, 0.25) is 0 Å². The topological polar surface area (TPSA) is 58.6 Å². The summed E-state index contributed by atoms with van der Waals surface area (Å²) in [5, 5.41) is 12.5. The van der Waals surface area contributed by atoms with E-state index in [2.05, 4.69) is 5.32 Å². The number of nitrogens with one attached hydrogen (secondary N) is 1. The summed E-state index contributed by atoms with van der Waals surface area (Å²) in [6, 6.07) is 7.63. The minimum atomic E-state index is -0.761. The molecule has 2 atom stereocenters. The Labute approximate surface area is 101 Å². The van der Waals surface area contributed by atoms with Gasteiger partial charge in [-0.1, -0.05) is 25.1 Å². The second kappa shape index (κ2) is 4.37. The van der Waals surface area contributed by atoms with Crippen molar-refractivity contribution < 1.29 is 14.6 Å². The minimum absolute atomic E-state index is 0.418. The third-order valence-electron chi connectivity index (χ3n) is 3.63. The van der Waals surface area contributed by atoms with Gasteiger partial charge in [0.2, 0.25) is 0 Å². The lowest BCUT2D eigenvalue weighted by molar-refractivity contribution is -0.142. The van der Waals surface area contributed by atoms with Crippen LogP contribution < -0.4 is 10.1 Å². The van der Waals surface area contributed by atoms with E-state index >= 15 is 0 Å². The Kier molecular flexibility index (Phi) is 3.07. The molecule has 17 heavy (non-hydrogen) atoms. The molecule has 0 aromatic heterocycles. The second-order valence-corrected chi connectivity index (χ2v) is 4.64. The molecule has 2 unspecified atom stereocenters. The molecular weight excluding hydrogens is 218 g/mol. The van der Waals surface area contributed by atoms with Crippen LogP contribution in [0.1, 0.15) is 12.5 Å². The molecule has 1 aromatic rings. The SMILES string of the molecule is COc1ccccc1C1(C)CNCC1C(=O)O. The highest BCUT2D eigenvalue weighted by molar-refractivity contribution is 5.74. The van der Waals surface area contributed by atoms with Crippen molar-refractivity contribution in [1.29, 1.82) is 0 Å². The van der Waals surface area contributed by atoms with Crippen molar-refractivity contribution in [1.82, 2.24) is 5.32 Å². The van der Waals surface area contributed by atoms with Crippen molar-refractivity contribution >= 4 is 5.97 Å². The highest BCUT2D eigenvalue weighted by Gasteiger charge is 2.45. The first-order valence-corrected chi connectivity index (χ1v) is 5.66. The number of benzene rings is 1. The molecule has 2 N–H and O–H groups in total. The van der Waals surface area contributed by atoms with Gasteiger partial charge >= 0.3 is 5.97 Å². The predicted octanol–water partition coefficient (Wildman–Crippen LogP) is 1.26. The fourth-order valence-electron chi connectivity index (χ4n) is 2.58. The predicted molar refractivity (Wildman–Crippen MR) is 64.3 cm³/mol. The number of rotatable bonds is 3. The number of carbonyl (C=O) groups is 1. The number of aliphatic carboxylic acids is 1. The Morgan fingerprint density at radius 3 is 2.88 bits per heavy atom. The van der Waals surface area contributed by atoms with Gasteiger partial charge in [0.05, 0.1) is 13.0 Å². The van der Waals surface area contributed by atoms with Crippen LogP contribution in [0.3, 0.4) is 0 Å². The molecule has 0 saturated carbocycles. The number of ether oxygens (including phenoxy) is 1. The van der Waals surface area contributed by atoms with Crippen molar-refractivity contribution in [2.24, 2.45) is 5.92 Å². The summed E-state index contributed by atoms with van der Waals surface area (Å²) in [6.07, 6.45) is 0. The molecule has 2 rings (SSSR count). The van der Waals surface area contributed by atoms with E-state index in [1.807, 2.05) is 31.2 Å². The van der Waals surface area contributed by atoms with Gasteiger partial charge in [-0.2, -0.15) is 0 Å².